The maximum absolute atomic E-state index is 9.89. The highest BCUT2D eigenvalue weighted by atomic mass is 16.3. The van der Waals surface area contributed by atoms with E-state index in [0.717, 1.165) is 12.8 Å². The van der Waals surface area contributed by atoms with Gasteiger partial charge in [0.2, 0.25) is 0 Å². The topological polar surface area (TPSA) is 20.2 Å². The van der Waals surface area contributed by atoms with Crippen molar-refractivity contribution in [3.8, 4) is 0 Å². The van der Waals surface area contributed by atoms with Gasteiger partial charge in [0, 0.05) is 0 Å². The van der Waals surface area contributed by atoms with Crippen molar-refractivity contribution in [2.45, 2.75) is 104 Å². The predicted molar refractivity (Wildman–Crippen MR) is 81.9 cm³/mol. The first-order chi connectivity index (χ1) is 8.45. The Hall–Kier alpha value is -0.0400. The summed E-state index contributed by atoms with van der Waals surface area (Å²) in [5, 5.41) is 9.89. The van der Waals surface area contributed by atoms with E-state index >= 15 is 0 Å². The van der Waals surface area contributed by atoms with Gasteiger partial charge in [-0.05, 0) is 24.7 Å². The normalized spacial score (nSPS) is 13.8. The average molecular weight is 256 g/mol. The zero-order valence-corrected chi connectivity index (χ0v) is 13.3. The molecule has 18 heavy (non-hydrogen) atoms. The Bertz CT molecular complexity index is 169. The molecule has 0 aromatic rings. The van der Waals surface area contributed by atoms with Crippen LogP contribution in [-0.2, 0) is 0 Å². The first-order valence-electron chi connectivity index (χ1n) is 8.14. The highest BCUT2D eigenvalue weighted by Gasteiger charge is 2.11. The van der Waals surface area contributed by atoms with Gasteiger partial charge in [0.15, 0.2) is 0 Å². The fraction of sp³-hybridized carbons (Fsp3) is 1.00. The molecule has 0 heterocycles. The van der Waals surface area contributed by atoms with E-state index in [-0.39, 0.29) is 6.10 Å². The molecule has 0 saturated heterocycles. The van der Waals surface area contributed by atoms with E-state index < -0.39 is 0 Å². The van der Waals surface area contributed by atoms with Crippen molar-refractivity contribution in [2.75, 3.05) is 0 Å². The predicted octanol–water partition coefficient (Wildman–Crippen LogP) is 5.70. The van der Waals surface area contributed by atoms with Crippen LogP contribution in [0.5, 0.6) is 0 Å². The molecule has 0 aliphatic rings. The van der Waals surface area contributed by atoms with E-state index in [1.165, 1.54) is 57.8 Å². The lowest BCUT2D eigenvalue weighted by Crippen LogP contribution is -2.10. The lowest BCUT2D eigenvalue weighted by Gasteiger charge is -2.19. The lowest BCUT2D eigenvalue weighted by molar-refractivity contribution is 0.142. The Labute approximate surface area is 115 Å². The molecule has 0 radical (unpaired) electrons. The summed E-state index contributed by atoms with van der Waals surface area (Å²) in [6.07, 6.45) is 13.7. The Morgan fingerprint density at radius 1 is 0.778 bits per heavy atom. The Balaban J connectivity index is 3.24. The molecular formula is C17H36O. The molecular weight excluding hydrogens is 220 g/mol. The van der Waals surface area contributed by atoms with E-state index in [0.29, 0.717) is 5.41 Å². The molecule has 0 fully saturated rings. The van der Waals surface area contributed by atoms with Gasteiger partial charge in [0.05, 0.1) is 6.10 Å². The number of unbranched alkanes of at least 4 members (excludes halogenated alkanes) is 6. The second kappa shape index (κ2) is 10.8. The van der Waals surface area contributed by atoms with Crippen LogP contribution >= 0.6 is 0 Å². The molecule has 0 spiro atoms. The minimum Gasteiger partial charge on any atom is -0.393 e. The molecule has 1 nitrogen and oxygen atoms in total. The number of aliphatic hydroxyl groups is 1. The van der Waals surface area contributed by atoms with Crippen LogP contribution in [0.15, 0.2) is 0 Å². The lowest BCUT2D eigenvalue weighted by atomic mass is 9.89. The van der Waals surface area contributed by atoms with Gasteiger partial charge in [-0.1, -0.05) is 79.1 Å². The molecule has 1 N–H and O–H groups in total. The summed E-state index contributed by atoms with van der Waals surface area (Å²) < 4.78 is 0. The third-order valence-corrected chi connectivity index (χ3v) is 3.61. The standard InChI is InChI=1S/C17H36O/c1-5-6-7-8-9-10-11-13-16(18)14-12-15-17(2,3)4/h16,18H,5-15H2,1-4H3. The summed E-state index contributed by atoms with van der Waals surface area (Å²) in [5.41, 5.74) is 0.416. The molecule has 0 saturated carbocycles. The van der Waals surface area contributed by atoms with Crippen molar-refractivity contribution < 1.29 is 5.11 Å². The van der Waals surface area contributed by atoms with Gasteiger partial charge in [-0.2, -0.15) is 0 Å². The summed E-state index contributed by atoms with van der Waals surface area (Å²) in [4.78, 5) is 0. The van der Waals surface area contributed by atoms with Crippen molar-refractivity contribution in [3.63, 3.8) is 0 Å². The summed E-state index contributed by atoms with van der Waals surface area (Å²) in [7, 11) is 0. The van der Waals surface area contributed by atoms with Crippen LogP contribution < -0.4 is 0 Å². The Morgan fingerprint density at radius 2 is 1.28 bits per heavy atom. The maximum atomic E-state index is 9.89. The van der Waals surface area contributed by atoms with Gasteiger partial charge >= 0.3 is 0 Å². The molecule has 0 aliphatic carbocycles. The Morgan fingerprint density at radius 3 is 1.83 bits per heavy atom. The fourth-order valence-corrected chi connectivity index (χ4v) is 2.35. The summed E-state index contributed by atoms with van der Waals surface area (Å²) in [6, 6.07) is 0. The van der Waals surface area contributed by atoms with Gasteiger partial charge in [0.1, 0.15) is 0 Å². The number of hydrogen-bond acceptors (Lipinski definition) is 1. The fourth-order valence-electron chi connectivity index (χ4n) is 2.35. The minimum atomic E-state index is -0.0528. The van der Waals surface area contributed by atoms with Gasteiger partial charge in [-0.3, -0.25) is 0 Å². The van der Waals surface area contributed by atoms with Crippen LogP contribution in [0.1, 0.15) is 98.3 Å². The molecule has 1 unspecified atom stereocenters. The van der Waals surface area contributed by atoms with Gasteiger partial charge in [-0.25, -0.2) is 0 Å². The van der Waals surface area contributed by atoms with Crippen molar-refractivity contribution in [2.24, 2.45) is 5.41 Å². The zero-order valence-electron chi connectivity index (χ0n) is 13.3. The first-order valence-corrected chi connectivity index (χ1v) is 8.14. The van der Waals surface area contributed by atoms with E-state index in [1.807, 2.05) is 0 Å². The molecule has 1 atom stereocenters. The van der Waals surface area contributed by atoms with Gasteiger partial charge < -0.3 is 5.11 Å². The van der Waals surface area contributed by atoms with E-state index in [1.54, 1.807) is 0 Å². The summed E-state index contributed by atoms with van der Waals surface area (Å²) in [6.45, 7) is 9.08. The SMILES string of the molecule is CCCCCCCCCC(O)CCCC(C)(C)C. The average Bonchev–Trinajstić information content (AvgIpc) is 2.26. The number of hydrogen-bond donors (Lipinski definition) is 1. The van der Waals surface area contributed by atoms with Crippen LogP contribution in [0.4, 0.5) is 0 Å². The second-order valence-corrected chi connectivity index (χ2v) is 7.02. The number of rotatable bonds is 11. The third-order valence-electron chi connectivity index (χ3n) is 3.61. The smallest absolute Gasteiger partial charge is 0.0540 e. The van der Waals surface area contributed by atoms with Crippen molar-refractivity contribution >= 4 is 0 Å². The van der Waals surface area contributed by atoms with Crippen LogP contribution in [0.2, 0.25) is 0 Å². The summed E-state index contributed by atoms with van der Waals surface area (Å²) in [5.74, 6) is 0. The highest BCUT2D eigenvalue weighted by Crippen LogP contribution is 2.22. The van der Waals surface area contributed by atoms with Crippen LogP contribution in [0, 0.1) is 5.41 Å². The van der Waals surface area contributed by atoms with Crippen molar-refractivity contribution in [1.82, 2.24) is 0 Å². The van der Waals surface area contributed by atoms with E-state index in [9.17, 15) is 5.11 Å². The van der Waals surface area contributed by atoms with Crippen LogP contribution in [0.3, 0.4) is 0 Å². The third kappa shape index (κ3) is 14.0. The monoisotopic (exact) mass is 256 g/mol. The first kappa shape index (κ1) is 18.0. The molecule has 0 aromatic heterocycles. The van der Waals surface area contributed by atoms with Crippen molar-refractivity contribution in [1.29, 1.82) is 0 Å². The molecule has 110 valence electrons. The second-order valence-electron chi connectivity index (χ2n) is 7.02. The molecule has 0 aromatic carbocycles. The van der Waals surface area contributed by atoms with Crippen LogP contribution in [-0.4, -0.2) is 11.2 Å². The molecule has 0 aliphatic heterocycles. The largest absolute Gasteiger partial charge is 0.393 e. The molecule has 0 rings (SSSR count). The molecule has 0 bridgehead atoms. The molecule has 0 amide bonds. The van der Waals surface area contributed by atoms with Crippen LogP contribution in [0.25, 0.3) is 0 Å². The summed E-state index contributed by atoms with van der Waals surface area (Å²) >= 11 is 0. The zero-order chi connectivity index (χ0) is 13.9. The van der Waals surface area contributed by atoms with E-state index in [2.05, 4.69) is 27.7 Å². The minimum absolute atomic E-state index is 0.0528. The number of aliphatic hydroxyl groups excluding tert-OH is 1. The Kier molecular flexibility index (Phi) is 10.8. The van der Waals surface area contributed by atoms with Crippen molar-refractivity contribution in [3.05, 3.63) is 0 Å². The van der Waals surface area contributed by atoms with E-state index in [4.69, 9.17) is 0 Å². The highest BCUT2D eigenvalue weighted by molar-refractivity contribution is 4.64. The van der Waals surface area contributed by atoms with Gasteiger partial charge in [-0.15, -0.1) is 0 Å². The molecule has 1 heteroatoms. The van der Waals surface area contributed by atoms with Gasteiger partial charge in [0.25, 0.3) is 0 Å². The maximum Gasteiger partial charge on any atom is 0.0540 e. The quantitative estimate of drug-likeness (QED) is 0.470.